The lowest BCUT2D eigenvalue weighted by Gasteiger charge is -2.14. The van der Waals surface area contributed by atoms with E-state index in [1.165, 1.54) is 13.2 Å². The van der Waals surface area contributed by atoms with Crippen molar-refractivity contribution in [3.8, 4) is 11.8 Å². The summed E-state index contributed by atoms with van der Waals surface area (Å²) in [6, 6.07) is 1.18. The zero-order chi connectivity index (χ0) is 15.3. The van der Waals surface area contributed by atoms with Gasteiger partial charge in [0, 0.05) is 10.9 Å². The number of aromatic nitrogens is 1. The third-order valence-electron chi connectivity index (χ3n) is 2.07. The van der Waals surface area contributed by atoms with Gasteiger partial charge in [0.1, 0.15) is 5.56 Å². The number of rotatable bonds is 5. The highest BCUT2D eigenvalue weighted by atomic mass is 79.9. The molecule has 0 aliphatic rings. The maximum atomic E-state index is 12.3. The summed E-state index contributed by atoms with van der Waals surface area (Å²) in [4.78, 5) is 15.2. The summed E-state index contributed by atoms with van der Waals surface area (Å²) in [5.74, 6) is -1.72. The standard InChI is InChI=1S/C11H11BrF3NO4/c1-3-19-10(17)7-4-6(5-12)8(16-9(7)18-2)20-11(13,14)15/h4H,3,5H2,1-2H3. The lowest BCUT2D eigenvalue weighted by Crippen LogP contribution is -2.20. The number of pyridine rings is 1. The highest BCUT2D eigenvalue weighted by molar-refractivity contribution is 9.08. The molecule has 1 aromatic rings. The minimum absolute atomic E-state index is 0.0157. The maximum absolute atomic E-state index is 12.3. The summed E-state index contributed by atoms with van der Waals surface area (Å²) < 4.78 is 50.1. The Morgan fingerprint density at radius 1 is 1.40 bits per heavy atom. The fraction of sp³-hybridized carbons (Fsp3) is 0.455. The highest BCUT2D eigenvalue weighted by Gasteiger charge is 2.34. The Kier molecular flexibility index (Phi) is 5.61. The lowest BCUT2D eigenvalue weighted by molar-refractivity contribution is -0.276. The first-order chi connectivity index (χ1) is 9.32. The molecule has 20 heavy (non-hydrogen) atoms. The van der Waals surface area contributed by atoms with Crippen molar-refractivity contribution in [1.82, 2.24) is 4.98 Å². The molecule has 112 valence electrons. The van der Waals surface area contributed by atoms with Crippen LogP contribution < -0.4 is 9.47 Å². The average molecular weight is 358 g/mol. The predicted molar refractivity (Wildman–Crippen MR) is 66.1 cm³/mol. The van der Waals surface area contributed by atoms with E-state index >= 15 is 0 Å². The molecule has 0 amide bonds. The quantitative estimate of drug-likeness (QED) is 0.598. The molecule has 9 heteroatoms. The molecule has 0 aliphatic heterocycles. The molecule has 1 heterocycles. The van der Waals surface area contributed by atoms with Crippen LogP contribution in [0.15, 0.2) is 6.07 Å². The van der Waals surface area contributed by atoms with Gasteiger partial charge in [0.15, 0.2) is 0 Å². The van der Waals surface area contributed by atoms with E-state index in [0.717, 1.165) is 0 Å². The summed E-state index contributed by atoms with van der Waals surface area (Å²) in [7, 11) is 1.18. The Morgan fingerprint density at radius 3 is 2.50 bits per heavy atom. The zero-order valence-electron chi connectivity index (χ0n) is 10.6. The van der Waals surface area contributed by atoms with E-state index in [1.807, 2.05) is 0 Å². The van der Waals surface area contributed by atoms with Gasteiger partial charge < -0.3 is 14.2 Å². The third kappa shape index (κ3) is 4.26. The van der Waals surface area contributed by atoms with Gasteiger partial charge in [-0.2, -0.15) is 4.98 Å². The molecule has 0 N–H and O–H groups in total. The van der Waals surface area contributed by atoms with E-state index in [4.69, 9.17) is 9.47 Å². The number of ether oxygens (including phenoxy) is 3. The maximum Gasteiger partial charge on any atom is 0.574 e. The van der Waals surface area contributed by atoms with Crippen molar-refractivity contribution in [1.29, 1.82) is 0 Å². The number of nitrogens with zero attached hydrogens (tertiary/aromatic N) is 1. The van der Waals surface area contributed by atoms with Gasteiger partial charge in [0.25, 0.3) is 0 Å². The summed E-state index contributed by atoms with van der Waals surface area (Å²) >= 11 is 3.00. The van der Waals surface area contributed by atoms with E-state index in [0.29, 0.717) is 0 Å². The van der Waals surface area contributed by atoms with Crippen molar-refractivity contribution < 1.29 is 32.2 Å². The minimum Gasteiger partial charge on any atom is -0.480 e. The van der Waals surface area contributed by atoms with E-state index in [2.05, 4.69) is 25.7 Å². The molecule has 0 fully saturated rings. The van der Waals surface area contributed by atoms with Crippen LogP contribution in [0.1, 0.15) is 22.8 Å². The minimum atomic E-state index is -4.89. The van der Waals surface area contributed by atoms with Gasteiger partial charge in [-0.25, -0.2) is 4.79 Å². The Morgan fingerprint density at radius 2 is 2.05 bits per heavy atom. The van der Waals surface area contributed by atoms with Gasteiger partial charge in [-0.1, -0.05) is 15.9 Å². The van der Waals surface area contributed by atoms with E-state index in [9.17, 15) is 18.0 Å². The topological polar surface area (TPSA) is 57.7 Å². The van der Waals surface area contributed by atoms with Crippen LogP contribution in [0.4, 0.5) is 13.2 Å². The molecule has 0 radical (unpaired) electrons. The molecule has 0 spiro atoms. The van der Waals surface area contributed by atoms with E-state index in [1.54, 1.807) is 6.92 Å². The molecular formula is C11H11BrF3NO4. The van der Waals surface area contributed by atoms with Gasteiger partial charge in [-0.05, 0) is 13.0 Å². The second-order valence-corrected chi connectivity index (χ2v) is 3.97. The summed E-state index contributed by atoms with van der Waals surface area (Å²) in [5, 5.41) is 0.0157. The van der Waals surface area contributed by atoms with Gasteiger partial charge in [-0.3, -0.25) is 0 Å². The van der Waals surface area contributed by atoms with Crippen molar-refractivity contribution >= 4 is 21.9 Å². The normalized spacial score (nSPS) is 11.1. The first kappa shape index (κ1) is 16.5. The smallest absolute Gasteiger partial charge is 0.480 e. The van der Waals surface area contributed by atoms with Crippen LogP contribution in [-0.4, -0.2) is 31.0 Å². The largest absolute Gasteiger partial charge is 0.574 e. The van der Waals surface area contributed by atoms with Crippen LogP contribution in [0.2, 0.25) is 0 Å². The third-order valence-corrected chi connectivity index (χ3v) is 2.68. The molecular weight excluding hydrogens is 347 g/mol. The zero-order valence-corrected chi connectivity index (χ0v) is 12.2. The Labute approximate surface area is 121 Å². The summed E-state index contributed by atoms with van der Waals surface area (Å²) in [6.07, 6.45) is -4.89. The number of methoxy groups -OCH3 is 1. The number of carbonyl (C=O) groups excluding carboxylic acids is 1. The number of esters is 1. The number of halogens is 4. The fourth-order valence-electron chi connectivity index (χ4n) is 1.33. The number of hydrogen-bond donors (Lipinski definition) is 0. The van der Waals surface area contributed by atoms with Crippen LogP contribution in [0, 0.1) is 0 Å². The molecule has 0 aromatic carbocycles. The number of alkyl halides is 4. The van der Waals surface area contributed by atoms with Crippen LogP contribution >= 0.6 is 15.9 Å². The van der Waals surface area contributed by atoms with Crippen molar-refractivity contribution in [2.75, 3.05) is 13.7 Å². The van der Waals surface area contributed by atoms with Crippen LogP contribution in [-0.2, 0) is 10.1 Å². The lowest BCUT2D eigenvalue weighted by atomic mass is 10.2. The Balaban J connectivity index is 3.26. The first-order valence-electron chi connectivity index (χ1n) is 5.39. The monoisotopic (exact) mass is 357 g/mol. The van der Waals surface area contributed by atoms with Crippen molar-refractivity contribution in [2.24, 2.45) is 0 Å². The van der Waals surface area contributed by atoms with Gasteiger partial charge in [0.2, 0.25) is 11.8 Å². The average Bonchev–Trinajstić information content (AvgIpc) is 2.36. The van der Waals surface area contributed by atoms with Crippen LogP contribution in [0.5, 0.6) is 11.8 Å². The SMILES string of the molecule is CCOC(=O)c1cc(CBr)c(OC(F)(F)F)nc1OC. The first-order valence-corrected chi connectivity index (χ1v) is 6.51. The molecule has 1 aromatic heterocycles. The molecule has 0 bridgehead atoms. The van der Waals surface area contributed by atoms with Crippen LogP contribution in [0.3, 0.4) is 0 Å². The molecule has 5 nitrogen and oxygen atoms in total. The van der Waals surface area contributed by atoms with Crippen molar-refractivity contribution in [2.45, 2.75) is 18.6 Å². The molecule has 0 saturated heterocycles. The summed E-state index contributed by atoms with van der Waals surface area (Å²) in [5.41, 5.74) is -0.0236. The highest BCUT2D eigenvalue weighted by Crippen LogP contribution is 2.31. The molecule has 1 rings (SSSR count). The number of carbonyl (C=O) groups is 1. The van der Waals surface area contributed by atoms with Crippen LogP contribution in [0.25, 0.3) is 0 Å². The van der Waals surface area contributed by atoms with E-state index in [-0.39, 0.29) is 28.9 Å². The Hall–Kier alpha value is -1.51. The molecule has 0 aliphatic carbocycles. The second kappa shape index (κ2) is 6.78. The summed E-state index contributed by atoms with van der Waals surface area (Å²) in [6.45, 7) is 1.72. The van der Waals surface area contributed by atoms with Gasteiger partial charge in [0.05, 0.1) is 13.7 Å². The molecule has 0 unspecified atom stereocenters. The molecule has 0 saturated carbocycles. The fourth-order valence-corrected chi connectivity index (χ4v) is 1.73. The predicted octanol–water partition coefficient (Wildman–Crippen LogP) is 3.06. The molecule has 0 atom stereocenters. The van der Waals surface area contributed by atoms with Crippen molar-refractivity contribution in [3.05, 3.63) is 17.2 Å². The second-order valence-electron chi connectivity index (χ2n) is 3.41. The number of hydrogen-bond acceptors (Lipinski definition) is 5. The van der Waals surface area contributed by atoms with Gasteiger partial charge in [-0.15, -0.1) is 13.2 Å². The van der Waals surface area contributed by atoms with Gasteiger partial charge >= 0.3 is 12.3 Å². The Bertz CT molecular complexity index is 493. The van der Waals surface area contributed by atoms with E-state index < -0.39 is 18.2 Å². The van der Waals surface area contributed by atoms with Crippen molar-refractivity contribution in [3.63, 3.8) is 0 Å².